The van der Waals surface area contributed by atoms with Crippen LogP contribution in [0.25, 0.3) is 5.76 Å². The molecule has 4 aromatic rings. The van der Waals surface area contributed by atoms with Gasteiger partial charge in [0, 0.05) is 22.1 Å². The van der Waals surface area contributed by atoms with E-state index in [0.29, 0.717) is 22.0 Å². The number of carbonyl (C=O) groups is 2. The van der Waals surface area contributed by atoms with E-state index in [2.05, 4.69) is 5.32 Å². The van der Waals surface area contributed by atoms with Gasteiger partial charge in [-0.05, 0) is 67.1 Å². The Kier molecular flexibility index (Phi) is 6.90. The van der Waals surface area contributed by atoms with E-state index in [9.17, 15) is 14.7 Å². The second-order valence-electron chi connectivity index (χ2n) is 8.97. The number of amides is 1. The summed E-state index contributed by atoms with van der Waals surface area (Å²) in [5.74, 6) is -1.54. The zero-order valence-corrected chi connectivity index (χ0v) is 21.6. The van der Waals surface area contributed by atoms with Gasteiger partial charge in [0.25, 0.3) is 11.7 Å². The minimum absolute atomic E-state index is 0.0346. The van der Waals surface area contributed by atoms with Crippen LogP contribution in [-0.2, 0) is 9.59 Å². The van der Waals surface area contributed by atoms with Gasteiger partial charge in [0.2, 0.25) is 0 Å². The van der Waals surface area contributed by atoms with Crippen molar-refractivity contribution < 1.29 is 19.4 Å². The molecule has 0 radical (unpaired) electrons. The first-order chi connectivity index (χ1) is 18.4. The predicted molar refractivity (Wildman–Crippen MR) is 150 cm³/mol. The smallest absolute Gasteiger partial charge is 0.300 e. The Morgan fingerprint density at radius 2 is 1.61 bits per heavy atom. The summed E-state index contributed by atoms with van der Waals surface area (Å²) in [6, 6.07) is 28.4. The third-order valence-corrected chi connectivity index (χ3v) is 6.66. The van der Waals surface area contributed by atoms with Gasteiger partial charge in [0.05, 0.1) is 24.3 Å². The molecule has 1 aliphatic rings. The fraction of sp³-hybridized carbons (Fsp3) is 0.0968. The lowest BCUT2D eigenvalue weighted by Gasteiger charge is -2.26. The third-order valence-electron chi connectivity index (χ3n) is 6.43. The number of methoxy groups -OCH3 is 1. The van der Waals surface area contributed by atoms with Crippen molar-refractivity contribution in [2.45, 2.75) is 13.0 Å². The van der Waals surface area contributed by atoms with Crippen LogP contribution in [0.5, 0.6) is 5.75 Å². The van der Waals surface area contributed by atoms with Crippen LogP contribution in [0.1, 0.15) is 22.7 Å². The van der Waals surface area contributed by atoms with E-state index >= 15 is 0 Å². The first-order valence-corrected chi connectivity index (χ1v) is 12.4. The number of aliphatic hydroxyl groups is 1. The number of nitrogens with zero attached hydrogens (tertiary/aromatic N) is 1. The number of para-hydroxylation sites is 1. The molecule has 1 heterocycles. The van der Waals surface area contributed by atoms with Gasteiger partial charge in [-0.1, -0.05) is 59.6 Å². The number of rotatable bonds is 6. The van der Waals surface area contributed by atoms with Crippen LogP contribution >= 0.6 is 11.6 Å². The van der Waals surface area contributed by atoms with Crippen molar-refractivity contribution in [2.75, 3.05) is 17.3 Å². The summed E-state index contributed by atoms with van der Waals surface area (Å²) in [6.45, 7) is 1.93. The van der Waals surface area contributed by atoms with Crippen molar-refractivity contribution in [1.29, 1.82) is 0 Å². The number of aliphatic hydroxyl groups excluding tert-OH is 1. The van der Waals surface area contributed by atoms with Crippen molar-refractivity contribution in [3.8, 4) is 5.75 Å². The lowest BCUT2D eigenvalue weighted by Crippen LogP contribution is -2.29. The zero-order chi connectivity index (χ0) is 26.8. The van der Waals surface area contributed by atoms with Gasteiger partial charge in [0.1, 0.15) is 11.5 Å². The standard InChI is InChI=1S/C31H25ClN2O4/c1-19-7-6-8-20(17-19)28-27(29(35)25-18-21(32)11-16-26(25)38-2)30(36)31(37)34(28)24-14-12-23(13-15-24)33-22-9-4-3-5-10-22/h3-18,28,33,35H,1-2H3/b29-27+. The van der Waals surface area contributed by atoms with Gasteiger partial charge >= 0.3 is 0 Å². The van der Waals surface area contributed by atoms with Crippen LogP contribution in [0.3, 0.4) is 0 Å². The van der Waals surface area contributed by atoms with Gasteiger partial charge in [-0.2, -0.15) is 0 Å². The summed E-state index contributed by atoms with van der Waals surface area (Å²) in [4.78, 5) is 28.4. The molecule has 0 saturated carbocycles. The van der Waals surface area contributed by atoms with Gasteiger partial charge in [-0.15, -0.1) is 0 Å². The Labute approximate surface area is 225 Å². The number of ether oxygens (including phenoxy) is 1. The van der Waals surface area contributed by atoms with Gasteiger partial charge in [-0.25, -0.2) is 0 Å². The summed E-state index contributed by atoms with van der Waals surface area (Å²) < 4.78 is 5.41. The first-order valence-electron chi connectivity index (χ1n) is 12.0. The topological polar surface area (TPSA) is 78.9 Å². The Hall–Kier alpha value is -4.55. The van der Waals surface area contributed by atoms with E-state index in [-0.39, 0.29) is 16.9 Å². The highest BCUT2D eigenvalue weighted by molar-refractivity contribution is 6.51. The van der Waals surface area contributed by atoms with Gasteiger partial charge in [-0.3, -0.25) is 14.5 Å². The van der Waals surface area contributed by atoms with E-state index in [1.165, 1.54) is 18.1 Å². The van der Waals surface area contributed by atoms with Crippen LogP contribution in [0, 0.1) is 6.92 Å². The summed E-state index contributed by atoms with van der Waals surface area (Å²) in [5, 5.41) is 15.1. The van der Waals surface area contributed by atoms with E-state index in [0.717, 1.165) is 16.9 Å². The van der Waals surface area contributed by atoms with Crippen LogP contribution in [-0.4, -0.2) is 23.9 Å². The highest BCUT2D eigenvalue weighted by atomic mass is 35.5. The minimum Gasteiger partial charge on any atom is -0.507 e. The molecular weight excluding hydrogens is 500 g/mol. The average Bonchev–Trinajstić information content (AvgIpc) is 3.19. The number of Topliss-reactive ketones (excluding diaryl/α,β-unsaturated/α-hetero) is 1. The molecule has 0 aromatic heterocycles. The molecule has 0 bridgehead atoms. The Bertz CT molecular complexity index is 1550. The van der Waals surface area contributed by atoms with Crippen molar-refractivity contribution in [1.82, 2.24) is 0 Å². The molecule has 38 heavy (non-hydrogen) atoms. The van der Waals surface area contributed by atoms with E-state index in [1.807, 2.05) is 73.7 Å². The largest absolute Gasteiger partial charge is 0.507 e. The van der Waals surface area contributed by atoms with Crippen molar-refractivity contribution >= 4 is 46.1 Å². The molecule has 0 aliphatic carbocycles. The van der Waals surface area contributed by atoms with E-state index in [4.69, 9.17) is 16.3 Å². The predicted octanol–water partition coefficient (Wildman–Crippen LogP) is 7.03. The second-order valence-corrected chi connectivity index (χ2v) is 9.40. The molecule has 1 aliphatic heterocycles. The number of hydrogen-bond acceptors (Lipinski definition) is 5. The van der Waals surface area contributed by atoms with Gasteiger partial charge < -0.3 is 15.2 Å². The number of nitrogens with one attached hydrogen (secondary N) is 1. The third kappa shape index (κ3) is 4.74. The molecule has 6 nitrogen and oxygen atoms in total. The number of benzene rings is 4. The molecule has 1 atom stereocenters. The molecular formula is C31H25ClN2O4. The molecule has 5 rings (SSSR count). The quantitative estimate of drug-likeness (QED) is 0.161. The Balaban J connectivity index is 1.63. The summed E-state index contributed by atoms with van der Waals surface area (Å²) in [6.07, 6.45) is 0. The molecule has 1 unspecified atom stereocenters. The summed E-state index contributed by atoms with van der Waals surface area (Å²) >= 11 is 6.20. The molecule has 1 amide bonds. The number of carbonyl (C=O) groups excluding carboxylic acids is 2. The molecule has 7 heteroatoms. The van der Waals surface area contributed by atoms with Crippen LogP contribution in [0.2, 0.25) is 5.02 Å². The van der Waals surface area contributed by atoms with Crippen molar-refractivity contribution in [2.24, 2.45) is 0 Å². The number of hydrogen-bond donors (Lipinski definition) is 2. The highest BCUT2D eigenvalue weighted by Gasteiger charge is 2.47. The summed E-state index contributed by atoms with van der Waals surface area (Å²) in [5.41, 5.74) is 4.12. The van der Waals surface area contributed by atoms with Crippen molar-refractivity contribution in [3.63, 3.8) is 0 Å². The first kappa shape index (κ1) is 25.1. The SMILES string of the molecule is COc1ccc(Cl)cc1/C(O)=C1\C(=O)C(=O)N(c2ccc(Nc3ccccc3)cc2)C1c1cccc(C)c1. The monoisotopic (exact) mass is 524 g/mol. The fourth-order valence-electron chi connectivity index (χ4n) is 4.66. The second kappa shape index (κ2) is 10.4. The fourth-order valence-corrected chi connectivity index (χ4v) is 4.83. The highest BCUT2D eigenvalue weighted by Crippen LogP contribution is 2.44. The Morgan fingerprint density at radius 3 is 2.29 bits per heavy atom. The lowest BCUT2D eigenvalue weighted by molar-refractivity contribution is -0.132. The van der Waals surface area contributed by atoms with Gasteiger partial charge in [0.15, 0.2) is 0 Å². The maximum absolute atomic E-state index is 13.5. The molecule has 190 valence electrons. The normalized spacial score (nSPS) is 16.5. The molecule has 0 spiro atoms. The number of ketones is 1. The van der Waals surface area contributed by atoms with Crippen molar-refractivity contribution in [3.05, 3.63) is 124 Å². The number of anilines is 3. The van der Waals surface area contributed by atoms with Crippen LogP contribution in [0.4, 0.5) is 17.1 Å². The number of aryl methyl sites for hydroxylation is 1. The maximum atomic E-state index is 13.5. The molecule has 1 saturated heterocycles. The number of halogens is 1. The zero-order valence-electron chi connectivity index (χ0n) is 20.8. The molecule has 1 fully saturated rings. The lowest BCUT2D eigenvalue weighted by atomic mass is 9.94. The molecule has 2 N–H and O–H groups in total. The maximum Gasteiger partial charge on any atom is 0.300 e. The Morgan fingerprint density at radius 1 is 0.895 bits per heavy atom. The van der Waals surface area contributed by atoms with Crippen LogP contribution in [0.15, 0.2) is 103 Å². The van der Waals surface area contributed by atoms with E-state index in [1.54, 1.807) is 24.3 Å². The molecule has 4 aromatic carbocycles. The average molecular weight is 525 g/mol. The summed E-state index contributed by atoms with van der Waals surface area (Å²) in [7, 11) is 1.46. The minimum atomic E-state index is -0.855. The van der Waals surface area contributed by atoms with E-state index < -0.39 is 17.7 Å². The van der Waals surface area contributed by atoms with Crippen LogP contribution < -0.4 is 15.0 Å².